The van der Waals surface area contributed by atoms with Gasteiger partial charge in [-0.05, 0) is 43.0 Å². The lowest BCUT2D eigenvalue weighted by atomic mass is 9.97. The summed E-state index contributed by atoms with van der Waals surface area (Å²) in [4.78, 5) is 35.3. The quantitative estimate of drug-likeness (QED) is 0.402. The predicted molar refractivity (Wildman–Crippen MR) is 108 cm³/mol. The maximum Gasteiger partial charge on any atom is 0.339 e. The summed E-state index contributed by atoms with van der Waals surface area (Å²) in [5.41, 5.74) is 1.25. The van der Waals surface area contributed by atoms with E-state index in [0.717, 1.165) is 18.1 Å². The number of carbonyl (C=O) groups is 2. The third-order valence-corrected chi connectivity index (χ3v) is 4.63. The molecule has 29 heavy (non-hydrogen) atoms. The number of hydrogen-bond acceptors (Lipinski definition) is 6. The standard InChI is InChI=1S/C21H24N2O6/c1-5-13(2)16-8-6-7-9-17(16)22-20(24)14(3)29-21(25)15-10-11-19(28-4)18(12-15)23(26)27/h6-14H,5H2,1-4H3,(H,22,24)/t13-,14+/m1/s1. The summed E-state index contributed by atoms with van der Waals surface area (Å²) in [6.45, 7) is 5.56. The Bertz CT molecular complexity index is 912. The Labute approximate surface area is 169 Å². The Kier molecular flexibility index (Phi) is 7.30. The monoisotopic (exact) mass is 400 g/mol. The number of benzene rings is 2. The molecule has 0 aromatic heterocycles. The third-order valence-electron chi connectivity index (χ3n) is 4.63. The molecule has 2 rings (SSSR count). The number of hydrogen-bond donors (Lipinski definition) is 1. The highest BCUT2D eigenvalue weighted by molar-refractivity contribution is 5.98. The first-order valence-corrected chi connectivity index (χ1v) is 9.21. The van der Waals surface area contributed by atoms with Crippen molar-refractivity contribution in [3.63, 3.8) is 0 Å². The number of anilines is 1. The molecule has 0 saturated heterocycles. The van der Waals surface area contributed by atoms with Crippen molar-refractivity contribution in [1.82, 2.24) is 0 Å². The van der Waals surface area contributed by atoms with Gasteiger partial charge in [0.2, 0.25) is 0 Å². The van der Waals surface area contributed by atoms with Crippen LogP contribution < -0.4 is 10.1 Å². The van der Waals surface area contributed by atoms with E-state index in [1.54, 1.807) is 6.07 Å². The van der Waals surface area contributed by atoms with Gasteiger partial charge in [0.25, 0.3) is 5.91 Å². The number of amides is 1. The molecule has 0 aliphatic rings. The summed E-state index contributed by atoms with van der Waals surface area (Å²) in [6, 6.07) is 11.2. The first-order chi connectivity index (χ1) is 13.8. The van der Waals surface area contributed by atoms with E-state index in [0.29, 0.717) is 5.69 Å². The van der Waals surface area contributed by atoms with Crippen LogP contribution >= 0.6 is 0 Å². The van der Waals surface area contributed by atoms with Gasteiger partial charge in [0.05, 0.1) is 17.6 Å². The fraction of sp³-hybridized carbons (Fsp3) is 0.333. The lowest BCUT2D eigenvalue weighted by molar-refractivity contribution is -0.385. The van der Waals surface area contributed by atoms with E-state index in [9.17, 15) is 19.7 Å². The Morgan fingerprint density at radius 3 is 2.48 bits per heavy atom. The fourth-order valence-corrected chi connectivity index (χ4v) is 2.74. The molecule has 0 fully saturated rings. The Morgan fingerprint density at radius 1 is 1.17 bits per heavy atom. The first-order valence-electron chi connectivity index (χ1n) is 9.21. The van der Waals surface area contributed by atoms with Crippen molar-refractivity contribution in [3.05, 3.63) is 63.7 Å². The Hall–Kier alpha value is -3.42. The van der Waals surface area contributed by atoms with Crippen LogP contribution in [0.15, 0.2) is 42.5 Å². The molecule has 0 aliphatic carbocycles. The molecule has 0 bridgehead atoms. The zero-order valence-electron chi connectivity index (χ0n) is 16.8. The molecule has 8 nitrogen and oxygen atoms in total. The molecule has 0 saturated carbocycles. The average molecular weight is 400 g/mol. The molecule has 1 amide bonds. The predicted octanol–water partition coefficient (Wildman–Crippen LogP) is 4.30. The number of methoxy groups -OCH3 is 1. The van der Waals surface area contributed by atoms with E-state index in [1.165, 1.54) is 26.2 Å². The van der Waals surface area contributed by atoms with Gasteiger partial charge in [-0.3, -0.25) is 14.9 Å². The van der Waals surface area contributed by atoms with Gasteiger partial charge in [0.15, 0.2) is 11.9 Å². The summed E-state index contributed by atoms with van der Waals surface area (Å²) >= 11 is 0. The summed E-state index contributed by atoms with van der Waals surface area (Å²) < 4.78 is 10.1. The minimum atomic E-state index is -1.09. The maximum atomic E-state index is 12.5. The first kappa shape index (κ1) is 21.9. The number of esters is 1. The van der Waals surface area contributed by atoms with E-state index in [-0.39, 0.29) is 22.9 Å². The van der Waals surface area contributed by atoms with Crippen LogP contribution in [0.4, 0.5) is 11.4 Å². The highest BCUT2D eigenvalue weighted by Crippen LogP contribution is 2.28. The summed E-state index contributed by atoms with van der Waals surface area (Å²) in [6.07, 6.45) is -0.179. The molecule has 0 radical (unpaired) electrons. The normalized spacial score (nSPS) is 12.6. The molecule has 1 N–H and O–H groups in total. The second kappa shape index (κ2) is 9.68. The SMILES string of the molecule is CC[C@@H](C)c1ccccc1NC(=O)[C@H](C)OC(=O)c1ccc(OC)c([N+](=O)[O-])c1. The van der Waals surface area contributed by atoms with Crippen molar-refractivity contribution >= 4 is 23.3 Å². The molecule has 0 aliphatic heterocycles. The molecule has 0 heterocycles. The van der Waals surface area contributed by atoms with Crippen molar-refractivity contribution < 1.29 is 24.0 Å². The van der Waals surface area contributed by atoms with E-state index < -0.39 is 22.9 Å². The van der Waals surface area contributed by atoms with E-state index in [4.69, 9.17) is 9.47 Å². The van der Waals surface area contributed by atoms with Crippen molar-refractivity contribution in [2.75, 3.05) is 12.4 Å². The number of para-hydroxylation sites is 1. The molecular weight excluding hydrogens is 376 g/mol. The van der Waals surface area contributed by atoms with Gasteiger partial charge in [0.1, 0.15) is 0 Å². The minimum absolute atomic E-state index is 0.0268. The lowest BCUT2D eigenvalue weighted by Gasteiger charge is -2.18. The number of nitro benzene ring substituents is 1. The second-order valence-corrected chi connectivity index (χ2v) is 6.58. The second-order valence-electron chi connectivity index (χ2n) is 6.58. The fourth-order valence-electron chi connectivity index (χ4n) is 2.74. The highest BCUT2D eigenvalue weighted by atomic mass is 16.6. The van der Waals surface area contributed by atoms with Gasteiger partial charge in [-0.1, -0.05) is 32.0 Å². The number of ether oxygens (including phenoxy) is 2. The van der Waals surface area contributed by atoms with Gasteiger partial charge >= 0.3 is 11.7 Å². The van der Waals surface area contributed by atoms with Gasteiger partial charge in [0, 0.05) is 11.8 Å². The number of carbonyl (C=O) groups excluding carboxylic acids is 2. The molecule has 0 spiro atoms. The molecule has 8 heteroatoms. The molecule has 0 unspecified atom stereocenters. The van der Waals surface area contributed by atoms with Crippen molar-refractivity contribution in [3.8, 4) is 5.75 Å². The zero-order chi connectivity index (χ0) is 21.6. The van der Waals surface area contributed by atoms with Gasteiger partial charge in [-0.15, -0.1) is 0 Å². The van der Waals surface area contributed by atoms with Crippen molar-refractivity contribution in [2.45, 2.75) is 39.2 Å². The third kappa shape index (κ3) is 5.31. The van der Waals surface area contributed by atoms with Crippen LogP contribution in [0.2, 0.25) is 0 Å². The van der Waals surface area contributed by atoms with Crippen LogP contribution in [0.25, 0.3) is 0 Å². The van der Waals surface area contributed by atoms with Gasteiger partial charge in [-0.2, -0.15) is 0 Å². The van der Waals surface area contributed by atoms with E-state index >= 15 is 0 Å². The Balaban J connectivity index is 2.11. The molecule has 2 atom stereocenters. The Morgan fingerprint density at radius 2 is 1.86 bits per heavy atom. The largest absolute Gasteiger partial charge is 0.490 e. The van der Waals surface area contributed by atoms with Crippen molar-refractivity contribution in [2.24, 2.45) is 0 Å². The molecule has 2 aromatic carbocycles. The zero-order valence-corrected chi connectivity index (χ0v) is 16.8. The van der Waals surface area contributed by atoms with Crippen LogP contribution in [0, 0.1) is 10.1 Å². The molecule has 2 aromatic rings. The van der Waals surface area contributed by atoms with E-state index in [1.807, 2.05) is 18.2 Å². The summed E-state index contributed by atoms with van der Waals surface area (Å²) in [7, 11) is 1.30. The summed E-state index contributed by atoms with van der Waals surface area (Å²) in [5.74, 6) is -1.05. The van der Waals surface area contributed by atoms with Crippen LogP contribution in [0.5, 0.6) is 5.75 Å². The van der Waals surface area contributed by atoms with Crippen LogP contribution in [0.3, 0.4) is 0 Å². The topological polar surface area (TPSA) is 108 Å². The van der Waals surface area contributed by atoms with Crippen molar-refractivity contribution in [1.29, 1.82) is 0 Å². The maximum absolute atomic E-state index is 12.5. The number of nitrogens with zero attached hydrogens (tertiary/aromatic N) is 1. The molecule has 154 valence electrons. The van der Waals surface area contributed by atoms with Gasteiger partial charge in [-0.25, -0.2) is 4.79 Å². The van der Waals surface area contributed by atoms with E-state index in [2.05, 4.69) is 19.2 Å². The average Bonchev–Trinajstić information content (AvgIpc) is 2.72. The van der Waals surface area contributed by atoms with Crippen LogP contribution in [-0.2, 0) is 9.53 Å². The number of nitrogens with one attached hydrogen (secondary N) is 1. The number of nitro groups is 1. The number of rotatable bonds is 8. The highest BCUT2D eigenvalue weighted by Gasteiger charge is 2.23. The minimum Gasteiger partial charge on any atom is -0.490 e. The van der Waals surface area contributed by atoms with Gasteiger partial charge < -0.3 is 14.8 Å². The molecular formula is C21H24N2O6. The van der Waals surface area contributed by atoms with Crippen LogP contribution in [0.1, 0.15) is 49.0 Å². The summed E-state index contributed by atoms with van der Waals surface area (Å²) in [5, 5.41) is 13.9. The lowest BCUT2D eigenvalue weighted by Crippen LogP contribution is -2.30. The van der Waals surface area contributed by atoms with Crippen LogP contribution in [-0.4, -0.2) is 30.0 Å². The smallest absolute Gasteiger partial charge is 0.339 e.